The number of aromatic nitrogens is 1. The molecule has 0 amide bonds. The van der Waals surface area contributed by atoms with E-state index in [4.69, 9.17) is 9.47 Å². The molecule has 8 heteroatoms. The van der Waals surface area contributed by atoms with E-state index in [1.165, 1.54) is 6.07 Å². The largest absolute Gasteiger partial charge is 0.486 e. The summed E-state index contributed by atoms with van der Waals surface area (Å²) in [4.78, 5) is 15.3. The maximum absolute atomic E-state index is 14.0. The first-order chi connectivity index (χ1) is 14.8. The molecule has 0 aliphatic carbocycles. The predicted octanol–water partition coefficient (Wildman–Crippen LogP) is 4.72. The van der Waals surface area contributed by atoms with Crippen LogP contribution in [0.2, 0.25) is 0 Å². The van der Waals surface area contributed by atoms with Gasteiger partial charge in [0.25, 0.3) is 0 Å². The number of carbonyl (C=O) groups excluding carboxylic acids is 1. The van der Waals surface area contributed by atoms with Gasteiger partial charge in [0.1, 0.15) is 6.61 Å². The van der Waals surface area contributed by atoms with Crippen LogP contribution in [0.25, 0.3) is 0 Å². The Labute approximate surface area is 183 Å². The second kappa shape index (κ2) is 11.8. The van der Waals surface area contributed by atoms with Crippen molar-refractivity contribution in [3.8, 4) is 5.75 Å². The Morgan fingerprint density at radius 3 is 2.42 bits per heavy atom. The molecule has 0 N–H and O–H groups in total. The Balaban J connectivity index is 2.37. The molecule has 170 valence electrons. The Hall–Kier alpha value is -2.48. The van der Waals surface area contributed by atoms with Gasteiger partial charge in [0, 0.05) is 12.3 Å². The van der Waals surface area contributed by atoms with Gasteiger partial charge in [-0.15, -0.1) is 0 Å². The minimum Gasteiger partial charge on any atom is -0.486 e. The van der Waals surface area contributed by atoms with E-state index >= 15 is 0 Å². The van der Waals surface area contributed by atoms with Crippen LogP contribution in [-0.4, -0.2) is 31.2 Å². The van der Waals surface area contributed by atoms with Gasteiger partial charge < -0.3 is 9.47 Å². The van der Waals surface area contributed by atoms with Gasteiger partial charge in [-0.25, -0.2) is 13.4 Å². The zero-order valence-electron chi connectivity index (χ0n) is 18.2. The fourth-order valence-corrected chi connectivity index (χ4v) is 5.55. The predicted molar refractivity (Wildman–Crippen MR) is 116 cm³/mol. The van der Waals surface area contributed by atoms with E-state index < -0.39 is 32.0 Å². The Bertz CT molecular complexity index is 950. The highest BCUT2D eigenvalue weighted by Crippen LogP contribution is 2.32. The van der Waals surface area contributed by atoms with Crippen molar-refractivity contribution in [3.63, 3.8) is 0 Å². The highest BCUT2D eigenvalue weighted by molar-refractivity contribution is 7.92. The zero-order valence-corrected chi connectivity index (χ0v) is 19.0. The molecule has 0 aliphatic heterocycles. The number of benzene rings is 1. The minimum atomic E-state index is -4.05. The number of nitrogens with zero attached hydrogens (tertiary/aromatic N) is 1. The quantitative estimate of drug-likeness (QED) is 0.343. The van der Waals surface area contributed by atoms with Crippen LogP contribution in [0.1, 0.15) is 52.0 Å². The number of carbonyl (C=O) groups is 1. The van der Waals surface area contributed by atoms with Crippen LogP contribution in [0.4, 0.5) is 4.39 Å². The van der Waals surface area contributed by atoms with Crippen LogP contribution in [0.15, 0.2) is 47.5 Å². The van der Waals surface area contributed by atoms with E-state index in [0.29, 0.717) is 19.3 Å². The zero-order chi connectivity index (χ0) is 22.9. The average Bonchev–Trinajstić information content (AvgIpc) is 2.78. The number of sulfone groups is 1. The van der Waals surface area contributed by atoms with E-state index in [2.05, 4.69) is 4.98 Å². The van der Waals surface area contributed by atoms with Gasteiger partial charge in [0.15, 0.2) is 5.75 Å². The molecule has 0 aliphatic rings. The lowest BCUT2D eigenvalue weighted by atomic mass is 10.00. The molecular formula is C23H30FNO5S. The van der Waals surface area contributed by atoms with Crippen LogP contribution < -0.4 is 4.74 Å². The Kier molecular flexibility index (Phi) is 9.43. The van der Waals surface area contributed by atoms with Crippen molar-refractivity contribution >= 4 is 15.8 Å². The van der Waals surface area contributed by atoms with Crippen LogP contribution in [0.3, 0.4) is 0 Å². The molecule has 0 saturated heterocycles. The summed E-state index contributed by atoms with van der Waals surface area (Å²) >= 11 is 0. The Morgan fingerprint density at radius 1 is 1.10 bits per heavy atom. The van der Waals surface area contributed by atoms with Crippen LogP contribution >= 0.6 is 0 Å². The van der Waals surface area contributed by atoms with Gasteiger partial charge in [-0.2, -0.15) is 4.39 Å². The number of halogens is 1. The van der Waals surface area contributed by atoms with Crippen LogP contribution in [-0.2, 0) is 26.0 Å². The van der Waals surface area contributed by atoms with Crippen molar-refractivity contribution in [1.29, 1.82) is 0 Å². The maximum atomic E-state index is 14.0. The molecule has 0 spiro atoms. The monoisotopic (exact) mass is 451 g/mol. The fraction of sp³-hybridized carbons (Fsp3) is 0.478. The van der Waals surface area contributed by atoms with E-state index in [0.717, 1.165) is 11.6 Å². The molecular weight excluding hydrogens is 421 g/mol. The Morgan fingerprint density at radius 2 is 1.81 bits per heavy atom. The van der Waals surface area contributed by atoms with Gasteiger partial charge >= 0.3 is 5.97 Å². The third kappa shape index (κ3) is 6.75. The van der Waals surface area contributed by atoms with E-state index in [1.54, 1.807) is 6.92 Å². The molecule has 0 radical (unpaired) electrons. The molecule has 0 saturated carbocycles. The molecule has 0 fully saturated rings. The summed E-state index contributed by atoms with van der Waals surface area (Å²) in [7, 11) is -4.05. The third-order valence-electron chi connectivity index (χ3n) is 5.07. The fourth-order valence-electron chi connectivity index (χ4n) is 3.32. The van der Waals surface area contributed by atoms with Crippen molar-refractivity contribution in [3.05, 3.63) is 54.0 Å². The first-order valence-electron chi connectivity index (χ1n) is 10.6. The summed E-state index contributed by atoms with van der Waals surface area (Å²) in [5, 5.41) is -1.29. The summed E-state index contributed by atoms with van der Waals surface area (Å²) in [6.07, 6.45) is 1.62. The van der Waals surface area contributed by atoms with E-state index in [1.807, 2.05) is 44.2 Å². The second-order valence-electron chi connectivity index (χ2n) is 7.29. The molecule has 1 aromatic heterocycles. The molecule has 1 aromatic carbocycles. The van der Waals surface area contributed by atoms with Gasteiger partial charge in [-0.1, -0.05) is 57.5 Å². The second-order valence-corrected chi connectivity index (χ2v) is 9.37. The smallest absolute Gasteiger partial charge is 0.305 e. The number of esters is 1. The standard InChI is InChI=1S/C23H30FNO5S/c1-4-10-20(18(5-2)16-30-22(26)6-3)31(27,28)23-19(13-14-21(24)25-23)29-15-17-11-8-7-9-12-17/h7-9,11-14,18,20H,4-6,10,15-16H2,1-3H3. The maximum Gasteiger partial charge on any atom is 0.305 e. The van der Waals surface area contributed by atoms with Crippen LogP contribution in [0, 0.1) is 11.9 Å². The normalized spacial score (nSPS) is 13.4. The highest BCUT2D eigenvalue weighted by Gasteiger charge is 2.37. The molecule has 2 atom stereocenters. The van der Waals surface area contributed by atoms with Crippen molar-refractivity contribution in [2.75, 3.05) is 6.61 Å². The molecule has 31 heavy (non-hydrogen) atoms. The van der Waals surface area contributed by atoms with Crippen molar-refractivity contribution in [2.24, 2.45) is 5.92 Å². The molecule has 1 heterocycles. The number of pyridine rings is 1. The number of rotatable bonds is 12. The summed E-state index contributed by atoms with van der Waals surface area (Å²) in [6, 6.07) is 11.6. The number of hydrogen-bond donors (Lipinski definition) is 0. The summed E-state index contributed by atoms with van der Waals surface area (Å²) in [6.45, 7) is 5.51. The van der Waals surface area contributed by atoms with Gasteiger partial charge in [-0.3, -0.25) is 4.79 Å². The molecule has 2 aromatic rings. The lowest BCUT2D eigenvalue weighted by Crippen LogP contribution is -2.34. The van der Waals surface area contributed by atoms with Gasteiger partial charge in [0.05, 0.1) is 11.9 Å². The lowest BCUT2D eigenvalue weighted by molar-refractivity contribution is -0.144. The summed E-state index contributed by atoms with van der Waals surface area (Å²) in [5.74, 6) is -1.72. The summed E-state index contributed by atoms with van der Waals surface area (Å²) < 4.78 is 52.1. The van der Waals surface area contributed by atoms with Crippen molar-refractivity contribution in [1.82, 2.24) is 4.98 Å². The van der Waals surface area contributed by atoms with Gasteiger partial charge in [0.2, 0.25) is 20.8 Å². The third-order valence-corrected chi connectivity index (χ3v) is 7.32. The summed E-state index contributed by atoms with van der Waals surface area (Å²) in [5.41, 5.74) is 0.846. The SMILES string of the molecule is CCCC(C(CC)COC(=O)CC)S(=O)(=O)c1nc(F)ccc1OCc1ccccc1. The minimum absolute atomic E-state index is 0.00626. The van der Waals surface area contributed by atoms with Crippen LogP contribution in [0.5, 0.6) is 5.75 Å². The topological polar surface area (TPSA) is 82.6 Å². The highest BCUT2D eigenvalue weighted by atomic mass is 32.2. The molecule has 2 unspecified atom stereocenters. The van der Waals surface area contributed by atoms with Crippen molar-refractivity contribution < 1.29 is 27.1 Å². The number of hydrogen-bond acceptors (Lipinski definition) is 6. The van der Waals surface area contributed by atoms with Crippen molar-refractivity contribution in [2.45, 2.75) is 63.3 Å². The van der Waals surface area contributed by atoms with Gasteiger partial charge in [-0.05, 0) is 30.5 Å². The molecule has 2 rings (SSSR count). The average molecular weight is 452 g/mol. The molecule has 0 bridgehead atoms. The molecule has 6 nitrogen and oxygen atoms in total. The van der Waals surface area contributed by atoms with E-state index in [-0.39, 0.29) is 31.4 Å². The first-order valence-corrected chi connectivity index (χ1v) is 12.1. The lowest BCUT2D eigenvalue weighted by Gasteiger charge is -2.26. The number of ether oxygens (including phenoxy) is 2. The van der Waals surface area contributed by atoms with E-state index in [9.17, 15) is 17.6 Å². The first kappa shape index (κ1) is 24.8.